The van der Waals surface area contributed by atoms with Gasteiger partial charge < -0.3 is 19.5 Å². The number of aryl methyl sites for hydroxylation is 1. The number of hydrogen-bond donors (Lipinski definition) is 3. The first-order valence-electron chi connectivity index (χ1n) is 5.99. The van der Waals surface area contributed by atoms with Crippen molar-refractivity contribution in [3.05, 3.63) is 18.1 Å². The van der Waals surface area contributed by atoms with Crippen molar-refractivity contribution < 1.29 is 14.9 Å². The normalized spacial score (nSPS) is 25.9. The van der Waals surface area contributed by atoms with Crippen LogP contribution in [0.3, 0.4) is 0 Å². The fourth-order valence-corrected chi connectivity index (χ4v) is 2.28. The van der Waals surface area contributed by atoms with E-state index in [1.165, 1.54) is 6.33 Å². The van der Waals surface area contributed by atoms with Gasteiger partial charge in [0.25, 0.3) is 0 Å². The number of aliphatic hydroxyl groups is 2. The second kappa shape index (κ2) is 5.76. The summed E-state index contributed by atoms with van der Waals surface area (Å²) in [5, 5.41) is 26.7. The van der Waals surface area contributed by atoms with Gasteiger partial charge >= 0.3 is 0 Å². The van der Waals surface area contributed by atoms with Crippen molar-refractivity contribution in [2.24, 2.45) is 7.05 Å². The van der Waals surface area contributed by atoms with Gasteiger partial charge in [0.05, 0.1) is 25.4 Å². The quantitative estimate of drug-likeness (QED) is 0.597. The largest absolute Gasteiger partial charge is 0.394 e. The van der Waals surface area contributed by atoms with Gasteiger partial charge in [0.1, 0.15) is 17.8 Å². The molecule has 2 aromatic rings. The molecule has 1 aliphatic rings. The van der Waals surface area contributed by atoms with Crippen molar-refractivity contribution >= 4 is 35.1 Å². The maximum atomic E-state index is 9.75. The van der Waals surface area contributed by atoms with Crippen LogP contribution in [0.5, 0.6) is 0 Å². The fourth-order valence-electron chi connectivity index (χ4n) is 2.28. The minimum Gasteiger partial charge on any atom is -0.394 e. The van der Waals surface area contributed by atoms with Crippen LogP contribution in [-0.2, 0) is 11.8 Å². The minimum absolute atomic E-state index is 0. The third-order valence-electron chi connectivity index (χ3n) is 3.39. The summed E-state index contributed by atoms with van der Waals surface area (Å²) in [7, 11) is 1.73. The van der Waals surface area contributed by atoms with Gasteiger partial charge in [-0.2, -0.15) is 0 Å². The maximum absolute atomic E-state index is 9.75. The molecular formula is C11H16IN5O3. The van der Waals surface area contributed by atoms with Crippen LogP contribution in [0.4, 0.5) is 0 Å². The molecule has 3 N–H and O–H groups in total. The van der Waals surface area contributed by atoms with E-state index < -0.39 is 18.4 Å². The summed E-state index contributed by atoms with van der Waals surface area (Å²) in [5.41, 5.74) is 1.29. The predicted molar refractivity (Wildman–Crippen MR) is 79.4 cm³/mol. The highest BCUT2D eigenvalue weighted by molar-refractivity contribution is 14.0. The molecule has 3 unspecified atom stereocenters. The predicted octanol–water partition coefficient (Wildman–Crippen LogP) is -0.492. The van der Waals surface area contributed by atoms with Gasteiger partial charge in [0.2, 0.25) is 0 Å². The second-order valence-corrected chi connectivity index (χ2v) is 4.64. The highest BCUT2D eigenvalue weighted by atomic mass is 127. The molecule has 110 valence electrons. The molecule has 9 heteroatoms. The highest BCUT2D eigenvalue weighted by Crippen LogP contribution is 2.29. The molecule has 3 rings (SSSR count). The van der Waals surface area contributed by atoms with Crippen LogP contribution in [0.1, 0.15) is 12.6 Å². The number of ether oxygens (including phenoxy) is 1. The SMILES string of the molecule is Cn1cnc2c(ncn2C2CC(O)C(CO)O2)c1=N.I. The number of imidazole rings is 1. The number of fused-ring (bicyclic) bond motifs is 1. The molecule has 3 atom stereocenters. The van der Waals surface area contributed by atoms with E-state index in [9.17, 15) is 5.11 Å². The van der Waals surface area contributed by atoms with Gasteiger partial charge in [-0.15, -0.1) is 24.0 Å². The lowest BCUT2D eigenvalue weighted by Crippen LogP contribution is -2.24. The first kappa shape index (κ1) is 15.4. The van der Waals surface area contributed by atoms with Crippen molar-refractivity contribution in [3.8, 4) is 0 Å². The average Bonchev–Trinajstić information content (AvgIpc) is 2.97. The zero-order valence-corrected chi connectivity index (χ0v) is 13.1. The van der Waals surface area contributed by atoms with Gasteiger partial charge in [0, 0.05) is 13.5 Å². The Morgan fingerprint density at radius 2 is 2.20 bits per heavy atom. The smallest absolute Gasteiger partial charge is 0.167 e. The number of aromatic nitrogens is 4. The number of hydrogen-bond acceptors (Lipinski definition) is 6. The summed E-state index contributed by atoms with van der Waals surface area (Å²) < 4.78 is 8.82. The van der Waals surface area contributed by atoms with E-state index in [2.05, 4.69) is 9.97 Å². The molecule has 0 amide bonds. The molecule has 0 bridgehead atoms. The molecule has 1 saturated heterocycles. The summed E-state index contributed by atoms with van der Waals surface area (Å²) in [5.74, 6) is 0. The van der Waals surface area contributed by atoms with Crippen molar-refractivity contribution in [1.29, 1.82) is 5.41 Å². The topological polar surface area (TPSA) is 109 Å². The first-order chi connectivity index (χ1) is 9.11. The Morgan fingerprint density at radius 3 is 2.85 bits per heavy atom. The second-order valence-electron chi connectivity index (χ2n) is 4.64. The molecule has 0 saturated carbocycles. The zero-order chi connectivity index (χ0) is 13.6. The van der Waals surface area contributed by atoms with Crippen molar-refractivity contribution in [3.63, 3.8) is 0 Å². The van der Waals surface area contributed by atoms with Crippen LogP contribution in [0, 0.1) is 5.41 Å². The van der Waals surface area contributed by atoms with Crippen LogP contribution < -0.4 is 5.49 Å². The number of nitrogens with zero attached hydrogens (tertiary/aromatic N) is 4. The van der Waals surface area contributed by atoms with Crippen LogP contribution >= 0.6 is 24.0 Å². The molecule has 1 fully saturated rings. The fraction of sp³-hybridized carbons (Fsp3) is 0.545. The van der Waals surface area contributed by atoms with Gasteiger partial charge in [-0.1, -0.05) is 0 Å². The monoisotopic (exact) mass is 393 g/mol. The number of halogens is 1. The van der Waals surface area contributed by atoms with Gasteiger partial charge in [-0.05, 0) is 0 Å². The van der Waals surface area contributed by atoms with E-state index in [0.29, 0.717) is 17.6 Å². The average molecular weight is 393 g/mol. The summed E-state index contributed by atoms with van der Waals surface area (Å²) >= 11 is 0. The highest BCUT2D eigenvalue weighted by Gasteiger charge is 2.35. The summed E-state index contributed by atoms with van der Waals surface area (Å²) in [6.07, 6.45) is 1.74. The van der Waals surface area contributed by atoms with Gasteiger partial charge in [-0.25, -0.2) is 9.97 Å². The first-order valence-corrected chi connectivity index (χ1v) is 5.99. The van der Waals surface area contributed by atoms with Crippen LogP contribution in [0.2, 0.25) is 0 Å². The summed E-state index contributed by atoms with van der Waals surface area (Å²) in [6, 6.07) is 0. The summed E-state index contributed by atoms with van der Waals surface area (Å²) in [6.45, 7) is -0.226. The van der Waals surface area contributed by atoms with E-state index in [-0.39, 0.29) is 36.1 Å². The third kappa shape index (κ3) is 2.34. The van der Waals surface area contributed by atoms with Crippen LogP contribution in [0.15, 0.2) is 12.7 Å². The maximum Gasteiger partial charge on any atom is 0.167 e. The van der Waals surface area contributed by atoms with E-state index in [4.69, 9.17) is 15.3 Å². The van der Waals surface area contributed by atoms with Crippen LogP contribution in [0.25, 0.3) is 11.2 Å². The molecule has 0 radical (unpaired) electrons. The standard InChI is InChI=1S/C11H15N5O3.HI/c1-15-4-14-11-9(10(15)12)13-5-16(11)8-2-6(18)7(3-17)19-8;/h4-8,12,17-18H,2-3H2,1H3;1H. The molecule has 1 aliphatic heterocycles. The van der Waals surface area contributed by atoms with Crippen molar-refractivity contribution in [2.45, 2.75) is 24.9 Å². The Balaban J connectivity index is 0.00000147. The van der Waals surface area contributed by atoms with Crippen molar-refractivity contribution in [2.75, 3.05) is 6.61 Å². The number of nitrogens with one attached hydrogen (secondary N) is 1. The lowest BCUT2D eigenvalue weighted by molar-refractivity contribution is -0.0432. The van der Waals surface area contributed by atoms with E-state index in [0.717, 1.165) is 0 Å². The molecule has 0 spiro atoms. The van der Waals surface area contributed by atoms with Crippen LogP contribution in [-0.4, -0.2) is 48.1 Å². The van der Waals surface area contributed by atoms with E-state index in [1.54, 1.807) is 22.5 Å². The third-order valence-corrected chi connectivity index (χ3v) is 3.39. The zero-order valence-electron chi connectivity index (χ0n) is 10.8. The number of rotatable bonds is 2. The Morgan fingerprint density at radius 1 is 1.45 bits per heavy atom. The molecule has 0 aromatic carbocycles. The Bertz CT molecular complexity index is 670. The molecular weight excluding hydrogens is 377 g/mol. The van der Waals surface area contributed by atoms with Gasteiger partial charge in [0.15, 0.2) is 11.1 Å². The Kier molecular flexibility index (Phi) is 4.42. The minimum atomic E-state index is -0.706. The van der Waals surface area contributed by atoms with Gasteiger partial charge in [-0.3, -0.25) is 9.98 Å². The van der Waals surface area contributed by atoms with E-state index in [1.807, 2.05) is 0 Å². The summed E-state index contributed by atoms with van der Waals surface area (Å²) in [4.78, 5) is 8.41. The molecule has 20 heavy (non-hydrogen) atoms. The van der Waals surface area contributed by atoms with Crippen molar-refractivity contribution in [1.82, 2.24) is 19.1 Å². The lowest BCUT2D eigenvalue weighted by Gasteiger charge is -2.13. The Hall–Kier alpha value is -1.04. The molecule has 2 aromatic heterocycles. The Labute approximate surface area is 131 Å². The lowest BCUT2D eigenvalue weighted by atomic mass is 10.2. The molecule has 0 aliphatic carbocycles. The molecule has 8 nitrogen and oxygen atoms in total. The molecule has 3 heterocycles. The number of aliphatic hydroxyl groups excluding tert-OH is 2. The van der Waals surface area contributed by atoms with E-state index >= 15 is 0 Å².